The molecule has 6 fully saturated rings. The molecule has 2 heterocycles. The number of esters is 2. The largest absolute Gasteiger partial charge is 0.465 e. The van der Waals surface area contributed by atoms with Crippen LogP contribution >= 0.6 is 0 Å². The Hall–Kier alpha value is -2.58. The summed E-state index contributed by atoms with van der Waals surface area (Å²) in [6, 6.07) is -0.228. The number of hydrogen-bond acceptors (Lipinski definition) is 6. The van der Waals surface area contributed by atoms with Gasteiger partial charge < -0.3 is 9.47 Å². The van der Waals surface area contributed by atoms with Crippen molar-refractivity contribution in [2.45, 2.75) is 188 Å². The van der Waals surface area contributed by atoms with E-state index in [4.69, 9.17) is 9.47 Å². The molecule has 0 saturated heterocycles. The highest BCUT2D eigenvalue weighted by atomic mass is 16.5. The molecule has 0 amide bonds. The van der Waals surface area contributed by atoms with Crippen LogP contribution < -0.4 is 11.4 Å². The van der Waals surface area contributed by atoms with Crippen molar-refractivity contribution in [1.82, 2.24) is 13.9 Å². The van der Waals surface area contributed by atoms with E-state index in [2.05, 4.69) is 48.5 Å². The van der Waals surface area contributed by atoms with Crippen molar-refractivity contribution in [2.24, 2.45) is 63.7 Å². The summed E-state index contributed by atoms with van der Waals surface area (Å²) in [5.74, 6) is 0.768. The molecule has 7 aliphatic carbocycles. The van der Waals surface area contributed by atoms with Crippen LogP contribution in [0.5, 0.6) is 0 Å². The second-order valence-corrected chi connectivity index (χ2v) is 22.1. The second kappa shape index (κ2) is 13.0. The third-order valence-electron chi connectivity index (χ3n) is 19.4. The van der Waals surface area contributed by atoms with Crippen molar-refractivity contribution < 1.29 is 19.1 Å². The van der Waals surface area contributed by atoms with E-state index in [9.17, 15) is 19.2 Å². The lowest BCUT2D eigenvalue weighted by molar-refractivity contribution is -0.221. The van der Waals surface area contributed by atoms with Crippen molar-refractivity contribution >= 4 is 11.9 Å². The van der Waals surface area contributed by atoms with Crippen LogP contribution in [-0.4, -0.2) is 38.6 Å². The molecule has 56 heavy (non-hydrogen) atoms. The van der Waals surface area contributed by atoms with Crippen LogP contribution in [0.2, 0.25) is 0 Å². The van der Waals surface area contributed by atoms with Gasteiger partial charge >= 0.3 is 23.3 Å². The van der Waals surface area contributed by atoms with E-state index < -0.39 is 5.54 Å². The minimum Gasteiger partial charge on any atom is -0.465 e. The molecule has 1 aromatic heterocycles. The molecule has 9 atom stereocenters. The van der Waals surface area contributed by atoms with Crippen molar-refractivity contribution in [2.75, 3.05) is 6.61 Å². The second-order valence-electron chi connectivity index (χ2n) is 22.1. The highest BCUT2D eigenvalue weighted by Gasteiger charge is 2.73. The van der Waals surface area contributed by atoms with Gasteiger partial charge in [0.2, 0.25) is 0 Å². The van der Waals surface area contributed by atoms with Gasteiger partial charge in [0.15, 0.2) is 0 Å². The number of hydrogen-bond donors (Lipinski definition) is 0. The first kappa shape index (κ1) is 38.9. The Balaban J connectivity index is 1.14. The Kier molecular flexibility index (Phi) is 9.00. The average molecular weight is 774 g/mol. The van der Waals surface area contributed by atoms with Crippen LogP contribution in [0.15, 0.2) is 20.7 Å². The molecule has 310 valence electrons. The van der Waals surface area contributed by atoms with E-state index in [0.717, 1.165) is 109 Å². The third-order valence-corrected chi connectivity index (χ3v) is 19.4. The van der Waals surface area contributed by atoms with Crippen molar-refractivity contribution in [3.8, 4) is 0 Å². The van der Waals surface area contributed by atoms with Crippen LogP contribution in [0.25, 0.3) is 0 Å². The zero-order valence-electron chi connectivity index (χ0n) is 36.0. The predicted octanol–water partition coefficient (Wildman–Crippen LogP) is 9.01. The van der Waals surface area contributed by atoms with E-state index in [1.807, 2.05) is 9.36 Å². The first-order chi connectivity index (χ1) is 26.5. The number of allylic oxidation sites excluding steroid dienone is 1. The molecule has 6 saturated carbocycles. The highest BCUT2D eigenvalue weighted by molar-refractivity contribution is 5.73. The van der Waals surface area contributed by atoms with E-state index in [1.54, 1.807) is 7.05 Å². The van der Waals surface area contributed by atoms with Crippen LogP contribution in [0.3, 0.4) is 0 Å². The summed E-state index contributed by atoms with van der Waals surface area (Å²) in [6.45, 7) is 17.2. The quantitative estimate of drug-likeness (QED) is 0.211. The molecule has 9 rings (SSSR count). The Bertz CT molecular complexity index is 1940. The molecule has 0 spiro atoms. The number of aromatic nitrogens is 3. The topological polar surface area (TPSA) is 102 Å². The van der Waals surface area contributed by atoms with Gasteiger partial charge in [0, 0.05) is 17.9 Å². The Labute approximate surface area is 334 Å². The number of nitrogens with zero attached hydrogens (tertiary/aromatic N) is 3. The van der Waals surface area contributed by atoms with Gasteiger partial charge in [-0.15, -0.1) is 0 Å². The molecule has 0 aromatic carbocycles. The smallest absolute Gasteiger partial charge is 0.347 e. The zero-order valence-corrected chi connectivity index (χ0v) is 36.0. The summed E-state index contributed by atoms with van der Waals surface area (Å²) < 4.78 is 18.2. The van der Waals surface area contributed by atoms with Gasteiger partial charge in [0.05, 0.1) is 23.4 Å². The first-order valence-corrected chi connectivity index (χ1v) is 23.0. The van der Waals surface area contributed by atoms with Crippen molar-refractivity contribution in [3.05, 3.63) is 32.1 Å². The van der Waals surface area contributed by atoms with E-state index in [1.165, 1.54) is 28.6 Å². The van der Waals surface area contributed by atoms with E-state index >= 15 is 0 Å². The molecule has 1 aliphatic heterocycles. The Morgan fingerprint density at radius 3 is 2.00 bits per heavy atom. The number of fused-ring (bicyclic) bond motifs is 7. The third kappa shape index (κ3) is 4.96. The van der Waals surface area contributed by atoms with Crippen LogP contribution in [-0.2, 0) is 31.6 Å². The van der Waals surface area contributed by atoms with Gasteiger partial charge in [-0.3, -0.25) is 9.59 Å². The molecule has 0 radical (unpaired) electrons. The van der Waals surface area contributed by atoms with E-state index in [-0.39, 0.29) is 80.3 Å². The molecule has 8 aliphatic rings. The van der Waals surface area contributed by atoms with Crippen molar-refractivity contribution in [1.29, 1.82) is 0 Å². The number of rotatable bonds is 6. The minimum atomic E-state index is -0.644. The normalized spacial score (nSPS) is 41.7. The van der Waals surface area contributed by atoms with Gasteiger partial charge in [-0.05, 0) is 129 Å². The summed E-state index contributed by atoms with van der Waals surface area (Å²) in [6.07, 6.45) is 18.9. The molecule has 9 heteroatoms. The van der Waals surface area contributed by atoms with Gasteiger partial charge in [-0.25, -0.2) is 23.5 Å². The molecular formula is C47H71N3O6. The summed E-state index contributed by atoms with van der Waals surface area (Å²) >= 11 is 0. The number of ether oxygens (including phenoxy) is 2. The standard InChI is InChI=1S/C47H71N3O6/c1-29(2)47-26-25-46(28-55-38(51)30-15-11-9-12-16-30)24-23-45(7)36(37(46)47)32(49-40(53)48(8)41(54)50(47)49)27-34-43(5)21-20-35(56-39(52)31-17-13-10-14-18-31)42(3,4)33(43)19-22-44(34,45)6/h29-35H,9-28H2,1-8H3/t32-,33-,34+,35-,43-,44+,45+,46-,47-/m0/s1. The van der Waals surface area contributed by atoms with Gasteiger partial charge in [0.25, 0.3) is 0 Å². The molecule has 0 bridgehead atoms. The zero-order chi connectivity index (χ0) is 39.8. The molecular weight excluding hydrogens is 703 g/mol. The maximum Gasteiger partial charge on any atom is 0.347 e. The average Bonchev–Trinajstić information content (AvgIpc) is 3.65. The lowest BCUT2D eigenvalue weighted by atomic mass is 9.33. The first-order valence-electron chi connectivity index (χ1n) is 23.0. The summed E-state index contributed by atoms with van der Waals surface area (Å²) in [5.41, 5.74) is 0.907. The van der Waals surface area contributed by atoms with Crippen LogP contribution in [0, 0.1) is 56.7 Å². The maximum absolute atomic E-state index is 14.6. The molecule has 0 N–H and O–H groups in total. The SMILES string of the molecule is CC(C)[C@@]12CC[C@]3(COC(=O)C4CCCCC4)CC[C@]4(C)C(=C31)[C@H](C[C@@H]1[C@@]3(C)CC[C@H](OC(=O)C5CCCCC5)C(C)(C)[C@@H]3CC[C@]14C)n1c(=O)n(C)c(=O)n12. The lowest BCUT2D eigenvalue weighted by Crippen LogP contribution is -2.67. The molecule has 9 nitrogen and oxygen atoms in total. The van der Waals surface area contributed by atoms with E-state index in [0.29, 0.717) is 18.4 Å². The Morgan fingerprint density at radius 2 is 1.36 bits per heavy atom. The van der Waals surface area contributed by atoms with Crippen LogP contribution in [0.1, 0.15) is 177 Å². The molecule has 1 aromatic rings. The Morgan fingerprint density at radius 1 is 0.732 bits per heavy atom. The molecule has 0 unspecified atom stereocenters. The van der Waals surface area contributed by atoms with Gasteiger partial charge in [0.1, 0.15) is 12.7 Å². The fourth-order valence-electron chi connectivity index (χ4n) is 16.1. The fraction of sp³-hybridized carbons (Fsp3) is 0.872. The summed E-state index contributed by atoms with van der Waals surface area (Å²) in [5, 5.41) is 0. The predicted molar refractivity (Wildman–Crippen MR) is 216 cm³/mol. The highest BCUT2D eigenvalue weighted by Crippen LogP contribution is 2.79. The van der Waals surface area contributed by atoms with Gasteiger partial charge in [-0.1, -0.05) is 87.0 Å². The summed E-state index contributed by atoms with van der Waals surface area (Å²) in [4.78, 5) is 56.4. The van der Waals surface area contributed by atoms with Crippen molar-refractivity contribution in [3.63, 3.8) is 0 Å². The monoisotopic (exact) mass is 774 g/mol. The number of carbonyl (C=O) groups is 2. The van der Waals surface area contributed by atoms with Crippen LogP contribution in [0.4, 0.5) is 0 Å². The minimum absolute atomic E-state index is 0.00987. The maximum atomic E-state index is 14.6. The fourth-order valence-corrected chi connectivity index (χ4v) is 16.1. The van der Waals surface area contributed by atoms with Gasteiger partial charge in [-0.2, -0.15) is 0 Å². The number of carbonyl (C=O) groups excluding carboxylic acids is 2. The lowest BCUT2D eigenvalue weighted by Gasteiger charge is -2.72. The summed E-state index contributed by atoms with van der Waals surface area (Å²) in [7, 11) is 1.66.